The summed E-state index contributed by atoms with van der Waals surface area (Å²) in [5.41, 5.74) is 5.23. The summed E-state index contributed by atoms with van der Waals surface area (Å²) in [5, 5.41) is 0. The molecule has 0 aliphatic heterocycles. The molecule has 0 unspecified atom stereocenters. The third kappa shape index (κ3) is 2.19. The Balaban J connectivity index is 3.29. The van der Waals surface area contributed by atoms with Crippen molar-refractivity contribution in [1.82, 2.24) is 4.57 Å². The molecular weight excluding hydrogens is 194 g/mol. The van der Waals surface area contributed by atoms with Crippen molar-refractivity contribution in [2.45, 2.75) is 26.7 Å². The van der Waals surface area contributed by atoms with Crippen LogP contribution >= 0.6 is 0 Å². The number of nitrogens with zero attached hydrogens (tertiary/aromatic N) is 1. The van der Waals surface area contributed by atoms with E-state index in [1.165, 1.54) is 22.5 Å². The summed E-state index contributed by atoms with van der Waals surface area (Å²) in [7, 11) is 2.11. The molecule has 0 aliphatic rings. The van der Waals surface area contributed by atoms with Crippen LogP contribution in [-0.4, -0.2) is 4.57 Å². The van der Waals surface area contributed by atoms with E-state index in [-0.39, 0.29) is 0 Å². The number of allylic oxidation sites excluding steroid dienone is 2. The van der Waals surface area contributed by atoms with E-state index in [1.807, 2.05) is 19.1 Å². The van der Waals surface area contributed by atoms with Crippen molar-refractivity contribution in [1.29, 1.82) is 0 Å². The fourth-order valence-corrected chi connectivity index (χ4v) is 2.14. The molecule has 0 aliphatic carbocycles. The Kier molecular flexibility index (Phi) is 4.36. The minimum atomic E-state index is 1.02. The first-order valence-corrected chi connectivity index (χ1v) is 5.71. The summed E-state index contributed by atoms with van der Waals surface area (Å²) in [6.45, 7) is 11.9. The second kappa shape index (κ2) is 5.55. The van der Waals surface area contributed by atoms with Gasteiger partial charge in [0.1, 0.15) is 0 Å². The van der Waals surface area contributed by atoms with E-state index in [2.05, 4.69) is 43.8 Å². The lowest BCUT2D eigenvalue weighted by Crippen LogP contribution is -1.98. The predicted octanol–water partition coefficient (Wildman–Crippen LogP) is 4.13. The highest BCUT2D eigenvalue weighted by Crippen LogP contribution is 2.25. The zero-order chi connectivity index (χ0) is 12.1. The number of hydrogen-bond donors (Lipinski definition) is 0. The van der Waals surface area contributed by atoms with Crippen LogP contribution in [0.3, 0.4) is 0 Å². The Morgan fingerprint density at radius 3 is 2.50 bits per heavy atom. The standard InChI is InChI=1S/C15H21N/c1-6-9-11-15-12(4)13(10-7-2)14(8-3)16(15)5/h6-8,10H,1,3,9,11H2,2,4-5H3/b10-7-. The van der Waals surface area contributed by atoms with Gasteiger partial charge in [0.25, 0.3) is 0 Å². The van der Waals surface area contributed by atoms with Crippen molar-refractivity contribution >= 4 is 12.2 Å². The third-order valence-electron chi connectivity index (χ3n) is 2.99. The number of rotatable bonds is 5. The van der Waals surface area contributed by atoms with Crippen LogP contribution in [0.5, 0.6) is 0 Å². The quantitative estimate of drug-likeness (QED) is 0.651. The van der Waals surface area contributed by atoms with Crippen LogP contribution in [0.4, 0.5) is 0 Å². The molecule has 16 heavy (non-hydrogen) atoms. The second-order valence-corrected chi connectivity index (χ2v) is 3.96. The molecule has 0 N–H and O–H groups in total. The number of aromatic nitrogens is 1. The molecule has 0 amide bonds. The zero-order valence-electron chi connectivity index (χ0n) is 10.6. The SMILES string of the molecule is C=CCCc1c(C)c(/C=C\C)c(C=C)n1C. The lowest BCUT2D eigenvalue weighted by atomic mass is 10.1. The van der Waals surface area contributed by atoms with E-state index in [9.17, 15) is 0 Å². The van der Waals surface area contributed by atoms with Crippen LogP contribution < -0.4 is 0 Å². The van der Waals surface area contributed by atoms with E-state index in [1.54, 1.807) is 0 Å². The van der Waals surface area contributed by atoms with Crippen LogP contribution in [0.15, 0.2) is 25.3 Å². The largest absolute Gasteiger partial charge is 0.347 e. The van der Waals surface area contributed by atoms with Gasteiger partial charge in [-0.05, 0) is 38.3 Å². The van der Waals surface area contributed by atoms with Crippen molar-refractivity contribution in [2.24, 2.45) is 7.05 Å². The van der Waals surface area contributed by atoms with Crippen molar-refractivity contribution in [2.75, 3.05) is 0 Å². The van der Waals surface area contributed by atoms with E-state index >= 15 is 0 Å². The highest BCUT2D eigenvalue weighted by Gasteiger charge is 2.12. The van der Waals surface area contributed by atoms with Gasteiger partial charge in [-0.15, -0.1) is 6.58 Å². The Hall–Kier alpha value is -1.50. The summed E-state index contributed by atoms with van der Waals surface area (Å²) >= 11 is 0. The van der Waals surface area contributed by atoms with Gasteiger partial charge in [-0.3, -0.25) is 0 Å². The van der Waals surface area contributed by atoms with Crippen molar-refractivity contribution < 1.29 is 0 Å². The average Bonchev–Trinajstić information content (AvgIpc) is 2.50. The van der Waals surface area contributed by atoms with E-state index in [4.69, 9.17) is 0 Å². The van der Waals surface area contributed by atoms with Gasteiger partial charge in [0, 0.05) is 24.0 Å². The van der Waals surface area contributed by atoms with Crippen LogP contribution in [0.25, 0.3) is 12.2 Å². The zero-order valence-corrected chi connectivity index (χ0v) is 10.6. The van der Waals surface area contributed by atoms with Crippen molar-refractivity contribution in [3.05, 3.63) is 47.8 Å². The summed E-state index contributed by atoms with van der Waals surface area (Å²) in [6, 6.07) is 0. The van der Waals surface area contributed by atoms with Crippen LogP contribution in [0, 0.1) is 6.92 Å². The first-order valence-electron chi connectivity index (χ1n) is 5.71. The van der Waals surface area contributed by atoms with Gasteiger partial charge in [0.2, 0.25) is 0 Å². The third-order valence-corrected chi connectivity index (χ3v) is 2.99. The molecule has 0 atom stereocenters. The highest BCUT2D eigenvalue weighted by atomic mass is 15.0. The van der Waals surface area contributed by atoms with Gasteiger partial charge in [-0.25, -0.2) is 0 Å². The van der Waals surface area contributed by atoms with Gasteiger partial charge in [-0.2, -0.15) is 0 Å². The fourth-order valence-electron chi connectivity index (χ4n) is 2.14. The second-order valence-electron chi connectivity index (χ2n) is 3.96. The van der Waals surface area contributed by atoms with Crippen molar-refractivity contribution in [3.63, 3.8) is 0 Å². The van der Waals surface area contributed by atoms with E-state index in [0.29, 0.717) is 0 Å². The fraction of sp³-hybridized carbons (Fsp3) is 0.333. The van der Waals surface area contributed by atoms with Gasteiger partial charge >= 0.3 is 0 Å². The molecule has 1 nitrogen and oxygen atoms in total. The topological polar surface area (TPSA) is 4.93 Å². The Bertz CT molecular complexity index is 419. The molecule has 1 aromatic rings. The van der Waals surface area contributed by atoms with Gasteiger partial charge in [0.15, 0.2) is 0 Å². The lowest BCUT2D eigenvalue weighted by molar-refractivity contribution is 0.798. The molecule has 1 heterocycles. The van der Waals surface area contributed by atoms with Crippen LogP contribution in [0.2, 0.25) is 0 Å². The molecule has 0 saturated carbocycles. The molecule has 0 radical (unpaired) electrons. The minimum Gasteiger partial charge on any atom is -0.347 e. The lowest BCUT2D eigenvalue weighted by Gasteiger charge is -2.04. The smallest absolute Gasteiger partial charge is 0.0476 e. The van der Waals surface area contributed by atoms with Gasteiger partial charge in [-0.1, -0.05) is 24.8 Å². The minimum absolute atomic E-state index is 1.02. The molecule has 0 bridgehead atoms. The molecule has 1 heteroatoms. The predicted molar refractivity (Wildman–Crippen MR) is 73.5 cm³/mol. The van der Waals surface area contributed by atoms with Gasteiger partial charge in [0.05, 0.1) is 0 Å². The molecule has 1 rings (SSSR count). The maximum absolute atomic E-state index is 3.89. The Labute approximate surface area is 98.8 Å². The summed E-state index contributed by atoms with van der Waals surface area (Å²) in [5.74, 6) is 0. The summed E-state index contributed by atoms with van der Waals surface area (Å²) < 4.78 is 2.24. The molecule has 1 aromatic heterocycles. The molecule has 86 valence electrons. The van der Waals surface area contributed by atoms with E-state index in [0.717, 1.165) is 12.8 Å². The summed E-state index contributed by atoms with van der Waals surface area (Å²) in [4.78, 5) is 0. The van der Waals surface area contributed by atoms with Gasteiger partial charge < -0.3 is 4.57 Å². The first-order chi connectivity index (χ1) is 7.67. The molecule has 0 spiro atoms. The monoisotopic (exact) mass is 215 g/mol. The first kappa shape index (κ1) is 12.6. The van der Waals surface area contributed by atoms with E-state index < -0.39 is 0 Å². The molecule has 0 fully saturated rings. The summed E-state index contributed by atoms with van der Waals surface area (Å²) in [6.07, 6.45) is 10.2. The van der Waals surface area contributed by atoms with Crippen LogP contribution in [0.1, 0.15) is 35.9 Å². The average molecular weight is 215 g/mol. The molecule has 0 saturated heterocycles. The molecular formula is C15H21N. The molecule has 0 aromatic carbocycles. The Morgan fingerprint density at radius 1 is 1.31 bits per heavy atom. The maximum atomic E-state index is 3.89. The number of hydrogen-bond acceptors (Lipinski definition) is 0. The maximum Gasteiger partial charge on any atom is 0.0476 e. The van der Waals surface area contributed by atoms with Crippen molar-refractivity contribution in [3.8, 4) is 0 Å². The van der Waals surface area contributed by atoms with Crippen LogP contribution in [-0.2, 0) is 13.5 Å². The normalized spacial score (nSPS) is 10.9. The highest BCUT2D eigenvalue weighted by molar-refractivity contribution is 5.67. The Morgan fingerprint density at radius 2 is 2.00 bits per heavy atom.